The second-order valence-corrected chi connectivity index (χ2v) is 11.2. The van der Waals surface area contributed by atoms with Crippen molar-refractivity contribution in [3.05, 3.63) is 156 Å². The van der Waals surface area contributed by atoms with E-state index in [9.17, 15) is 0 Å². The first-order chi connectivity index (χ1) is 27.8. The van der Waals surface area contributed by atoms with E-state index in [0.29, 0.717) is 38.7 Å². The Bertz CT molecular complexity index is 2970. The second kappa shape index (κ2) is 12.8. The maximum absolute atomic E-state index is 8.41. The number of nitrogens with zero attached hydrogens (tertiary/aromatic N) is 2. The van der Waals surface area contributed by atoms with E-state index in [1.807, 2.05) is 72.8 Å². The number of hydrogen-bond acceptors (Lipinski definition) is 3. The molecule has 0 aliphatic carbocycles. The maximum Gasteiger partial charge on any atom is 0.142 e. The third kappa shape index (κ3) is 5.47. The molecular formula is C44H32IrN2O-2. The fourth-order valence-corrected chi connectivity index (χ4v) is 6.06. The Morgan fingerprint density at radius 3 is 2.27 bits per heavy atom. The van der Waals surface area contributed by atoms with Crippen LogP contribution >= 0.6 is 0 Å². The topological polar surface area (TPSA) is 38.9 Å². The molecule has 3 aromatic heterocycles. The quantitative estimate of drug-likeness (QED) is 0.129. The summed E-state index contributed by atoms with van der Waals surface area (Å²) in [6.07, 6.45) is 2.47. The number of pyridine rings is 2. The van der Waals surface area contributed by atoms with Gasteiger partial charge >= 0.3 is 0 Å². The summed E-state index contributed by atoms with van der Waals surface area (Å²) in [5.41, 5.74) is 4.61. The van der Waals surface area contributed by atoms with E-state index in [1.54, 1.807) is 18.2 Å². The molecule has 3 nitrogen and oxygen atoms in total. The summed E-state index contributed by atoms with van der Waals surface area (Å²) in [5, 5.41) is 4.71. The van der Waals surface area contributed by atoms with Crippen molar-refractivity contribution in [2.75, 3.05) is 0 Å². The van der Waals surface area contributed by atoms with Crippen LogP contribution in [0.4, 0.5) is 0 Å². The number of rotatable bonds is 2. The van der Waals surface area contributed by atoms with Gasteiger partial charge in [-0.3, -0.25) is 0 Å². The third-order valence-corrected chi connectivity index (χ3v) is 8.31. The van der Waals surface area contributed by atoms with E-state index in [2.05, 4.69) is 22.1 Å². The van der Waals surface area contributed by atoms with Crippen LogP contribution in [-0.4, -0.2) is 9.97 Å². The molecule has 0 aliphatic rings. The van der Waals surface area contributed by atoms with Gasteiger partial charge in [-0.15, -0.1) is 65.0 Å². The Morgan fingerprint density at radius 1 is 0.646 bits per heavy atom. The van der Waals surface area contributed by atoms with E-state index in [4.69, 9.17) is 20.9 Å². The fourth-order valence-electron chi connectivity index (χ4n) is 6.06. The number of furan rings is 1. The Morgan fingerprint density at radius 2 is 1.50 bits per heavy atom. The van der Waals surface area contributed by atoms with Gasteiger partial charge in [0.1, 0.15) is 11.2 Å². The number of aryl methyl sites for hydroxylation is 4. The van der Waals surface area contributed by atoms with Crippen LogP contribution in [0.5, 0.6) is 0 Å². The van der Waals surface area contributed by atoms with Gasteiger partial charge in [-0.25, -0.2) is 0 Å². The molecule has 9 aromatic rings. The molecule has 1 radical (unpaired) electrons. The van der Waals surface area contributed by atoms with Gasteiger partial charge in [0.2, 0.25) is 0 Å². The van der Waals surface area contributed by atoms with Gasteiger partial charge in [0.05, 0.1) is 0 Å². The monoisotopic (exact) mass is 809 g/mol. The van der Waals surface area contributed by atoms with Crippen LogP contribution in [0.15, 0.2) is 126 Å². The first-order valence-corrected chi connectivity index (χ1v) is 14.9. The van der Waals surface area contributed by atoms with Crippen LogP contribution in [0.2, 0.25) is 0 Å². The Balaban J connectivity index is 0.000000220. The molecule has 6 aromatic carbocycles. The smallest absolute Gasteiger partial charge is 0.142 e. The average molecular weight is 809 g/mol. The van der Waals surface area contributed by atoms with Crippen LogP contribution in [0.25, 0.3) is 76.8 Å². The SMILES string of the molecule is [2H]C([2H])([2H])c1c[c-]c(-c2ccc(C([2H])([2H])[2H])cn2)cc1.[2H]C([2H])([2H])c1cnc2c3[c-]cccc3c3ccc4c5ccc(-c6ccccc6)cc5oc4c3c2c1C([2H])([2H])[2H].[Ir]. The summed E-state index contributed by atoms with van der Waals surface area (Å²) in [4.78, 5) is 8.61. The minimum absolute atomic E-state index is 0. The molecule has 0 saturated heterocycles. The largest absolute Gasteiger partial charge is 0.455 e. The molecule has 0 amide bonds. The van der Waals surface area contributed by atoms with Crippen LogP contribution in [0.3, 0.4) is 0 Å². The zero-order valence-electron chi connectivity index (χ0n) is 37.2. The molecule has 0 atom stereocenters. The maximum atomic E-state index is 8.41. The number of hydrogen-bond donors (Lipinski definition) is 0. The summed E-state index contributed by atoms with van der Waals surface area (Å²) in [7, 11) is 0. The molecular weight excluding hydrogens is 765 g/mol. The zero-order valence-corrected chi connectivity index (χ0v) is 27.6. The van der Waals surface area contributed by atoms with Gasteiger partial charge < -0.3 is 14.4 Å². The predicted molar refractivity (Wildman–Crippen MR) is 196 cm³/mol. The van der Waals surface area contributed by atoms with E-state index >= 15 is 0 Å². The molecule has 3 heterocycles. The van der Waals surface area contributed by atoms with Crippen molar-refractivity contribution in [2.24, 2.45) is 0 Å². The Hall–Kier alpha value is -5.15. The molecule has 9 rings (SSSR count). The Labute approximate surface area is 310 Å². The minimum Gasteiger partial charge on any atom is -0.455 e. The van der Waals surface area contributed by atoms with Crippen molar-refractivity contribution in [2.45, 2.75) is 27.4 Å². The fraction of sp³-hybridized carbons (Fsp3) is 0.0909. The molecule has 0 N–H and O–H groups in total. The number of benzene rings is 6. The van der Waals surface area contributed by atoms with Crippen molar-refractivity contribution in [3.63, 3.8) is 0 Å². The van der Waals surface area contributed by atoms with Crippen LogP contribution in [-0.2, 0) is 20.1 Å². The Kier molecular flexibility index (Phi) is 5.41. The molecule has 0 aliphatic heterocycles. The summed E-state index contributed by atoms with van der Waals surface area (Å²) >= 11 is 0. The summed E-state index contributed by atoms with van der Waals surface area (Å²) in [6, 6.07) is 39.1. The zero-order chi connectivity index (χ0) is 42.1. The van der Waals surface area contributed by atoms with Gasteiger partial charge in [0.25, 0.3) is 0 Å². The first kappa shape index (κ1) is 20.3. The van der Waals surface area contributed by atoms with Gasteiger partial charge in [-0.1, -0.05) is 72.9 Å². The second-order valence-electron chi connectivity index (χ2n) is 11.2. The number of fused-ring (bicyclic) bond motifs is 10. The van der Waals surface area contributed by atoms with Crippen LogP contribution < -0.4 is 0 Å². The molecule has 0 fully saturated rings. The molecule has 48 heavy (non-hydrogen) atoms. The van der Waals surface area contributed by atoms with Crippen molar-refractivity contribution in [3.8, 4) is 22.4 Å². The van der Waals surface area contributed by atoms with Crippen molar-refractivity contribution in [1.82, 2.24) is 9.97 Å². The molecule has 0 bridgehead atoms. The standard InChI is InChI=1S/C31H20NO.C13H12N.Ir/c1-18-17-32-30-25-11-7-6-10-22(25)24-14-15-26-23-13-12-21(20-8-4-3-5-9-20)16-27(23)33-31(26)29(24)28(30)19(18)2;1-10-3-6-12(7-4-10)13-8-5-11(2)9-14-13;/h3-10,12-17H,1-2H3;3-6,8-9H,1-2H3;/q2*-1;/i2*1D3,2D3;. The summed E-state index contributed by atoms with van der Waals surface area (Å²) in [6.45, 7) is -9.72. The van der Waals surface area contributed by atoms with E-state index < -0.39 is 27.4 Å². The normalized spacial score (nSPS) is 15.9. The molecule has 235 valence electrons. The third-order valence-electron chi connectivity index (χ3n) is 8.31. The summed E-state index contributed by atoms with van der Waals surface area (Å²) in [5.74, 6) is 0. The first-order valence-electron chi connectivity index (χ1n) is 20.9. The van der Waals surface area contributed by atoms with Crippen LogP contribution in [0, 0.1) is 39.5 Å². The van der Waals surface area contributed by atoms with Gasteiger partial charge in [-0.05, 0) is 82.5 Å². The van der Waals surface area contributed by atoms with Gasteiger partial charge in [-0.2, -0.15) is 0 Å². The average Bonchev–Trinajstić information content (AvgIpc) is 3.58. The van der Waals surface area contributed by atoms with Gasteiger partial charge in [0, 0.05) is 65.1 Å². The van der Waals surface area contributed by atoms with Crippen LogP contribution in [0.1, 0.15) is 38.7 Å². The van der Waals surface area contributed by atoms with Crippen molar-refractivity contribution in [1.29, 1.82) is 0 Å². The molecule has 4 heteroatoms. The van der Waals surface area contributed by atoms with E-state index in [-0.39, 0.29) is 47.7 Å². The predicted octanol–water partition coefficient (Wildman–Crippen LogP) is 11.7. The number of aromatic nitrogens is 2. The van der Waals surface area contributed by atoms with Crippen molar-refractivity contribution < 1.29 is 41.0 Å². The van der Waals surface area contributed by atoms with Crippen molar-refractivity contribution >= 4 is 54.4 Å². The minimum atomic E-state index is -2.71. The summed E-state index contributed by atoms with van der Waals surface area (Å²) < 4.78 is 99.7. The van der Waals surface area contributed by atoms with Gasteiger partial charge in [0.15, 0.2) is 0 Å². The molecule has 0 unspecified atom stereocenters. The molecule has 0 spiro atoms. The van der Waals surface area contributed by atoms with E-state index in [1.165, 1.54) is 30.6 Å². The molecule has 0 saturated carbocycles. The van der Waals surface area contributed by atoms with E-state index in [0.717, 1.165) is 32.7 Å².